The van der Waals surface area contributed by atoms with E-state index >= 15 is 0 Å². The molecule has 1 heterocycles. The van der Waals surface area contributed by atoms with Crippen LogP contribution in [0.3, 0.4) is 0 Å². The average Bonchev–Trinajstić information content (AvgIpc) is 2.36. The standard InChI is InChI=1S/C14H28N4/c1-11-8-12(2)10-18(9-11)14(17-15)16-13-6-4-3-5-7-13/h11-13H,3-10,15H2,1-2H3,(H,16,17). The van der Waals surface area contributed by atoms with Gasteiger partial charge in [-0.15, -0.1) is 0 Å². The number of likely N-dealkylation sites (tertiary alicyclic amines) is 1. The highest BCUT2D eigenvalue weighted by Gasteiger charge is 2.24. The highest BCUT2D eigenvalue weighted by atomic mass is 15.4. The van der Waals surface area contributed by atoms with Crippen molar-refractivity contribution in [3.63, 3.8) is 0 Å². The van der Waals surface area contributed by atoms with Crippen LogP contribution in [0.1, 0.15) is 52.4 Å². The van der Waals surface area contributed by atoms with Gasteiger partial charge in [-0.1, -0.05) is 33.1 Å². The number of hydrogen-bond donors (Lipinski definition) is 2. The van der Waals surface area contributed by atoms with Gasteiger partial charge in [0.2, 0.25) is 5.96 Å². The van der Waals surface area contributed by atoms with Crippen molar-refractivity contribution < 1.29 is 0 Å². The summed E-state index contributed by atoms with van der Waals surface area (Å²) in [4.78, 5) is 7.19. The molecule has 2 rings (SSSR count). The zero-order valence-corrected chi connectivity index (χ0v) is 11.9. The molecular formula is C14H28N4. The summed E-state index contributed by atoms with van der Waals surface area (Å²) in [6, 6.07) is 0.484. The van der Waals surface area contributed by atoms with Gasteiger partial charge in [-0.3, -0.25) is 5.43 Å². The number of hydrazine groups is 1. The summed E-state index contributed by atoms with van der Waals surface area (Å²) >= 11 is 0. The number of nitrogens with zero attached hydrogens (tertiary/aromatic N) is 2. The van der Waals surface area contributed by atoms with Crippen molar-refractivity contribution in [2.24, 2.45) is 22.7 Å². The number of hydrogen-bond acceptors (Lipinski definition) is 2. The van der Waals surface area contributed by atoms with Crippen molar-refractivity contribution >= 4 is 5.96 Å². The second-order valence-electron chi connectivity index (χ2n) is 6.24. The first-order chi connectivity index (χ1) is 8.69. The highest BCUT2D eigenvalue weighted by molar-refractivity contribution is 5.79. The molecule has 1 aliphatic heterocycles. The average molecular weight is 252 g/mol. The molecule has 2 fully saturated rings. The van der Waals surface area contributed by atoms with Gasteiger partial charge < -0.3 is 4.90 Å². The lowest BCUT2D eigenvalue weighted by molar-refractivity contribution is 0.207. The maximum absolute atomic E-state index is 5.69. The first-order valence-electron chi connectivity index (χ1n) is 7.48. The molecule has 0 radical (unpaired) electrons. The molecule has 4 heteroatoms. The van der Waals surface area contributed by atoms with Crippen LogP contribution in [0, 0.1) is 11.8 Å². The predicted molar refractivity (Wildman–Crippen MR) is 76.1 cm³/mol. The fourth-order valence-corrected chi connectivity index (χ4v) is 3.43. The Bertz CT molecular complexity index is 274. The quantitative estimate of drug-likeness (QED) is 0.325. The molecule has 3 N–H and O–H groups in total. The van der Waals surface area contributed by atoms with Gasteiger partial charge in [-0.2, -0.15) is 0 Å². The first kappa shape index (κ1) is 13.7. The molecule has 2 aliphatic rings. The van der Waals surface area contributed by atoms with Crippen LogP contribution < -0.4 is 11.3 Å². The molecule has 2 unspecified atom stereocenters. The molecule has 0 amide bonds. The smallest absolute Gasteiger partial charge is 0.208 e. The molecule has 0 bridgehead atoms. The third kappa shape index (κ3) is 3.61. The number of nitrogens with two attached hydrogens (primary N) is 1. The third-order valence-corrected chi connectivity index (χ3v) is 4.18. The van der Waals surface area contributed by atoms with Crippen LogP contribution in [-0.4, -0.2) is 30.0 Å². The number of rotatable bonds is 1. The van der Waals surface area contributed by atoms with Crippen LogP contribution in [-0.2, 0) is 0 Å². The molecule has 1 saturated heterocycles. The topological polar surface area (TPSA) is 53.6 Å². The SMILES string of the molecule is CC1CC(C)CN(C(=NC2CCCCC2)NN)C1. The summed E-state index contributed by atoms with van der Waals surface area (Å²) in [5, 5.41) is 0. The summed E-state index contributed by atoms with van der Waals surface area (Å²) in [5.41, 5.74) is 2.84. The second kappa shape index (κ2) is 6.41. The zero-order chi connectivity index (χ0) is 13.0. The third-order valence-electron chi connectivity index (χ3n) is 4.18. The summed E-state index contributed by atoms with van der Waals surface area (Å²) in [5.74, 6) is 8.08. The van der Waals surface area contributed by atoms with E-state index < -0.39 is 0 Å². The molecule has 4 nitrogen and oxygen atoms in total. The Balaban J connectivity index is 1.99. The van der Waals surface area contributed by atoms with Crippen LogP contribution >= 0.6 is 0 Å². The molecule has 1 aliphatic carbocycles. The molecule has 1 saturated carbocycles. The summed E-state index contributed by atoms with van der Waals surface area (Å²) < 4.78 is 0. The van der Waals surface area contributed by atoms with E-state index in [1.807, 2.05) is 0 Å². The second-order valence-corrected chi connectivity index (χ2v) is 6.24. The Morgan fingerprint density at radius 1 is 1.11 bits per heavy atom. The lowest BCUT2D eigenvalue weighted by Gasteiger charge is -2.37. The molecule has 0 aromatic carbocycles. The van der Waals surface area contributed by atoms with E-state index in [0.29, 0.717) is 6.04 Å². The Hall–Kier alpha value is -0.770. The van der Waals surface area contributed by atoms with Crippen LogP contribution in [0.25, 0.3) is 0 Å². The Labute approximate surface area is 111 Å². The number of aliphatic imine (C=N–C) groups is 1. The number of nitrogens with one attached hydrogen (secondary N) is 1. The molecule has 0 aromatic heterocycles. The molecule has 104 valence electrons. The van der Waals surface area contributed by atoms with Gasteiger partial charge in [-0.25, -0.2) is 10.8 Å². The first-order valence-corrected chi connectivity index (χ1v) is 7.48. The fourth-order valence-electron chi connectivity index (χ4n) is 3.43. The van der Waals surface area contributed by atoms with E-state index in [0.717, 1.165) is 30.9 Å². The van der Waals surface area contributed by atoms with Gasteiger partial charge in [0.1, 0.15) is 0 Å². The Kier molecular flexibility index (Phi) is 4.87. The van der Waals surface area contributed by atoms with Gasteiger partial charge >= 0.3 is 0 Å². The van der Waals surface area contributed by atoms with Crippen LogP contribution in [0.5, 0.6) is 0 Å². The van der Waals surface area contributed by atoms with E-state index in [1.54, 1.807) is 0 Å². The van der Waals surface area contributed by atoms with Crippen LogP contribution in [0.4, 0.5) is 0 Å². The van der Waals surface area contributed by atoms with E-state index in [1.165, 1.54) is 38.5 Å². The zero-order valence-electron chi connectivity index (χ0n) is 11.9. The lowest BCUT2D eigenvalue weighted by Crippen LogP contribution is -2.51. The van der Waals surface area contributed by atoms with E-state index in [9.17, 15) is 0 Å². The van der Waals surface area contributed by atoms with E-state index in [4.69, 9.17) is 10.8 Å². The minimum absolute atomic E-state index is 0.484. The number of piperidine rings is 1. The predicted octanol–water partition coefficient (Wildman–Crippen LogP) is 2.12. The van der Waals surface area contributed by atoms with Crippen molar-refractivity contribution in [3.8, 4) is 0 Å². The minimum Gasteiger partial charge on any atom is -0.341 e. The van der Waals surface area contributed by atoms with Crippen LogP contribution in [0.2, 0.25) is 0 Å². The van der Waals surface area contributed by atoms with Crippen molar-refractivity contribution in [1.29, 1.82) is 0 Å². The normalized spacial score (nSPS) is 31.5. The molecule has 0 aromatic rings. The van der Waals surface area contributed by atoms with E-state index in [-0.39, 0.29) is 0 Å². The summed E-state index contributed by atoms with van der Waals surface area (Å²) in [6.45, 7) is 6.80. The molecular weight excluding hydrogens is 224 g/mol. The minimum atomic E-state index is 0.484. The summed E-state index contributed by atoms with van der Waals surface area (Å²) in [6.07, 6.45) is 7.78. The van der Waals surface area contributed by atoms with Gasteiger partial charge in [0.15, 0.2) is 0 Å². The van der Waals surface area contributed by atoms with Gasteiger partial charge in [-0.05, 0) is 31.1 Å². The molecule has 18 heavy (non-hydrogen) atoms. The Morgan fingerprint density at radius 3 is 2.28 bits per heavy atom. The largest absolute Gasteiger partial charge is 0.341 e. The fraction of sp³-hybridized carbons (Fsp3) is 0.929. The molecule has 0 spiro atoms. The van der Waals surface area contributed by atoms with Gasteiger partial charge in [0, 0.05) is 13.1 Å². The number of guanidine groups is 1. The lowest BCUT2D eigenvalue weighted by atomic mass is 9.92. The Morgan fingerprint density at radius 2 is 1.72 bits per heavy atom. The van der Waals surface area contributed by atoms with Crippen molar-refractivity contribution in [2.75, 3.05) is 13.1 Å². The van der Waals surface area contributed by atoms with Crippen molar-refractivity contribution in [2.45, 2.75) is 58.4 Å². The van der Waals surface area contributed by atoms with Gasteiger partial charge in [0.05, 0.1) is 6.04 Å². The maximum atomic E-state index is 5.69. The maximum Gasteiger partial charge on any atom is 0.208 e. The monoisotopic (exact) mass is 252 g/mol. The van der Waals surface area contributed by atoms with Crippen molar-refractivity contribution in [1.82, 2.24) is 10.3 Å². The van der Waals surface area contributed by atoms with E-state index in [2.05, 4.69) is 24.2 Å². The van der Waals surface area contributed by atoms with Gasteiger partial charge in [0.25, 0.3) is 0 Å². The van der Waals surface area contributed by atoms with Crippen LogP contribution in [0.15, 0.2) is 4.99 Å². The summed E-state index contributed by atoms with van der Waals surface area (Å²) in [7, 11) is 0. The van der Waals surface area contributed by atoms with Crippen molar-refractivity contribution in [3.05, 3.63) is 0 Å². The molecule has 2 atom stereocenters. The highest BCUT2D eigenvalue weighted by Crippen LogP contribution is 2.23.